The predicted octanol–water partition coefficient (Wildman–Crippen LogP) is 2.97. The molecule has 0 aliphatic carbocycles. The SMILES string of the molecule is COC(=O)c1cc(C(=O)c2ccc(OC)cc2)n2ccccc12. The van der Waals surface area contributed by atoms with Gasteiger partial charge in [-0.15, -0.1) is 0 Å². The predicted molar refractivity (Wildman–Crippen MR) is 85.2 cm³/mol. The number of benzene rings is 1. The summed E-state index contributed by atoms with van der Waals surface area (Å²) < 4.78 is 11.6. The second kappa shape index (κ2) is 5.96. The van der Waals surface area contributed by atoms with Crippen LogP contribution in [-0.2, 0) is 4.74 Å². The molecule has 0 saturated carbocycles. The molecule has 5 heteroatoms. The van der Waals surface area contributed by atoms with Gasteiger partial charge in [-0.2, -0.15) is 0 Å². The minimum Gasteiger partial charge on any atom is -0.497 e. The van der Waals surface area contributed by atoms with Crippen LogP contribution in [0.2, 0.25) is 0 Å². The molecule has 0 unspecified atom stereocenters. The number of aromatic nitrogens is 1. The quantitative estimate of drug-likeness (QED) is 0.549. The zero-order valence-electron chi connectivity index (χ0n) is 12.8. The van der Waals surface area contributed by atoms with E-state index >= 15 is 0 Å². The zero-order chi connectivity index (χ0) is 16.4. The lowest BCUT2D eigenvalue weighted by atomic mass is 10.1. The Labute approximate surface area is 133 Å². The Morgan fingerprint density at radius 1 is 1.00 bits per heavy atom. The molecule has 0 aliphatic heterocycles. The van der Waals surface area contributed by atoms with Crippen molar-refractivity contribution >= 4 is 17.3 Å². The molecule has 0 saturated heterocycles. The first-order chi connectivity index (χ1) is 11.2. The van der Waals surface area contributed by atoms with Gasteiger partial charge in [0.15, 0.2) is 0 Å². The Balaban J connectivity index is 2.11. The third kappa shape index (κ3) is 2.57. The fraction of sp³-hybridized carbons (Fsp3) is 0.111. The molecular weight excluding hydrogens is 294 g/mol. The number of pyridine rings is 1. The largest absolute Gasteiger partial charge is 0.497 e. The van der Waals surface area contributed by atoms with E-state index in [-0.39, 0.29) is 5.78 Å². The van der Waals surface area contributed by atoms with Gasteiger partial charge in [0.1, 0.15) is 5.75 Å². The molecule has 3 rings (SSSR count). The van der Waals surface area contributed by atoms with Gasteiger partial charge in [-0.05, 0) is 42.5 Å². The van der Waals surface area contributed by atoms with Gasteiger partial charge in [-0.25, -0.2) is 4.79 Å². The van der Waals surface area contributed by atoms with E-state index in [2.05, 4.69) is 0 Å². The fourth-order valence-corrected chi connectivity index (χ4v) is 2.49. The summed E-state index contributed by atoms with van der Waals surface area (Å²) in [5, 5.41) is 0. The number of carbonyl (C=O) groups is 2. The van der Waals surface area contributed by atoms with E-state index in [4.69, 9.17) is 9.47 Å². The number of esters is 1. The molecule has 0 radical (unpaired) electrons. The van der Waals surface area contributed by atoms with Crippen molar-refractivity contribution in [3.05, 3.63) is 71.5 Å². The van der Waals surface area contributed by atoms with Crippen LogP contribution in [-0.4, -0.2) is 30.4 Å². The van der Waals surface area contributed by atoms with E-state index in [1.165, 1.54) is 7.11 Å². The van der Waals surface area contributed by atoms with Crippen molar-refractivity contribution in [3.63, 3.8) is 0 Å². The van der Waals surface area contributed by atoms with Crippen LogP contribution in [0.25, 0.3) is 5.52 Å². The molecule has 3 aromatic rings. The van der Waals surface area contributed by atoms with E-state index in [0.29, 0.717) is 28.1 Å². The lowest BCUT2D eigenvalue weighted by Crippen LogP contribution is -2.04. The molecule has 2 aromatic heterocycles. The normalized spacial score (nSPS) is 10.5. The monoisotopic (exact) mass is 309 g/mol. The van der Waals surface area contributed by atoms with Crippen LogP contribution in [0.15, 0.2) is 54.7 Å². The van der Waals surface area contributed by atoms with Crippen LogP contribution < -0.4 is 4.74 Å². The topological polar surface area (TPSA) is 57.0 Å². The lowest BCUT2D eigenvalue weighted by molar-refractivity contribution is 0.0603. The molecule has 0 bridgehead atoms. The molecule has 5 nitrogen and oxygen atoms in total. The standard InChI is InChI=1S/C18H15NO4/c1-22-13-8-6-12(7-9-13)17(20)16-11-14(18(21)23-2)15-5-3-4-10-19(15)16/h3-11H,1-2H3. The van der Waals surface area contributed by atoms with Crippen molar-refractivity contribution in [3.8, 4) is 5.75 Å². The summed E-state index contributed by atoms with van der Waals surface area (Å²) in [4.78, 5) is 24.7. The maximum absolute atomic E-state index is 12.8. The summed E-state index contributed by atoms with van der Waals surface area (Å²) in [6.45, 7) is 0. The molecule has 0 spiro atoms. The van der Waals surface area contributed by atoms with Gasteiger partial charge in [0.25, 0.3) is 0 Å². The Kier molecular flexibility index (Phi) is 3.85. The van der Waals surface area contributed by atoms with Gasteiger partial charge in [0.05, 0.1) is 31.0 Å². The van der Waals surface area contributed by atoms with E-state index < -0.39 is 5.97 Å². The first-order valence-electron chi connectivity index (χ1n) is 7.03. The number of hydrogen-bond acceptors (Lipinski definition) is 4. The van der Waals surface area contributed by atoms with Crippen LogP contribution in [0.3, 0.4) is 0 Å². The highest BCUT2D eigenvalue weighted by Gasteiger charge is 2.20. The molecule has 0 N–H and O–H groups in total. The number of ether oxygens (including phenoxy) is 2. The molecule has 23 heavy (non-hydrogen) atoms. The molecule has 0 atom stereocenters. The van der Waals surface area contributed by atoms with Gasteiger partial charge in [0.2, 0.25) is 5.78 Å². The van der Waals surface area contributed by atoms with Gasteiger partial charge in [0, 0.05) is 11.8 Å². The van der Waals surface area contributed by atoms with Crippen LogP contribution in [0.4, 0.5) is 0 Å². The van der Waals surface area contributed by atoms with E-state index in [1.807, 2.05) is 6.07 Å². The highest BCUT2D eigenvalue weighted by atomic mass is 16.5. The van der Waals surface area contributed by atoms with Gasteiger partial charge in [-0.3, -0.25) is 4.79 Å². The first kappa shape index (κ1) is 14.8. The molecular formula is C18H15NO4. The van der Waals surface area contributed by atoms with Crippen molar-refractivity contribution in [1.29, 1.82) is 0 Å². The van der Waals surface area contributed by atoms with Crippen LogP contribution in [0.5, 0.6) is 5.75 Å². The molecule has 0 fully saturated rings. The summed E-state index contributed by atoms with van der Waals surface area (Å²) in [6.07, 6.45) is 1.75. The van der Waals surface area contributed by atoms with Crippen molar-refractivity contribution < 1.29 is 19.1 Å². The summed E-state index contributed by atoms with van der Waals surface area (Å²) in [7, 11) is 2.89. The van der Waals surface area contributed by atoms with Crippen molar-refractivity contribution in [2.24, 2.45) is 0 Å². The maximum atomic E-state index is 12.8. The number of fused-ring (bicyclic) bond motifs is 1. The Bertz CT molecular complexity index is 878. The number of rotatable bonds is 4. The number of methoxy groups -OCH3 is 2. The summed E-state index contributed by atoms with van der Waals surface area (Å²) in [5.41, 5.74) is 1.93. The number of nitrogens with zero attached hydrogens (tertiary/aromatic N) is 1. The fourth-order valence-electron chi connectivity index (χ4n) is 2.49. The second-order valence-electron chi connectivity index (χ2n) is 4.95. The average Bonchev–Trinajstić information content (AvgIpc) is 3.00. The van der Waals surface area contributed by atoms with Crippen LogP contribution in [0.1, 0.15) is 26.4 Å². The molecule has 116 valence electrons. The Morgan fingerprint density at radius 3 is 2.39 bits per heavy atom. The second-order valence-corrected chi connectivity index (χ2v) is 4.95. The van der Waals surface area contributed by atoms with Crippen LogP contribution >= 0.6 is 0 Å². The molecule has 0 aliphatic rings. The Morgan fingerprint density at radius 2 is 1.74 bits per heavy atom. The highest BCUT2D eigenvalue weighted by molar-refractivity contribution is 6.11. The van der Waals surface area contributed by atoms with Gasteiger partial charge < -0.3 is 13.9 Å². The van der Waals surface area contributed by atoms with Crippen molar-refractivity contribution in [2.75, 3.05) is 14.2 Å². The number of ketones is 1. The molecule has 2 heterocycles. The van der Waals surface area contributed by atoms with Gasteiger partial charge >= 0.3 is 5.97 Å². The zero-order valence-corrected chi connectivity index (χ0v) is 12.8. The highest BCUT2D eigenvalue weighted by Crippen LogP contribution is 2.21. The summed E-state index contributed by atoms with van der Waals surface area (Å²) in [5.74, 6) is 0.0308. The van der Waals surface area contributed by atoms with E-state index in [1.54, 1.807) is 60.2 Å². The van der Waals surface area contributed by atoms with E-state index in [9.17, 15) is 9.59 Å². The summed E-state index contributed by atoms with van der Waals surface area (Å²) >= 11 is 0. The molecule has 1 aromatic carbocycles. The lowest BCUT2D eigenvalue weighted by Gasteiger charge is -2.04. The third-order valence-electron chi connectivity index (χ3n) is 3.67. The third-order valence-corrected chi connectivity index (χ3v) is 3.67. The summed E-state index contributed by atoms with van der Waals surface area (Å²) in [6, 6.07) is 13.8. The smallest absolute Gasteiger partial charge is 0.340 e. The molecule has 0 amide bonds. The minimum absolute atomic E-state index is 0.177. The van der Waals surface area contributed by atoms with Crippen molar-refractivity contribution in [1.82, 2.24) is 4.40 Å². The first-order valence-corrected chi connectivity index (χ1v) is 7.03. The van der Waals surface area contributed by atoms with Crippen LogP contribution in [0, 0.1) is 0 Å². The number of carbonyl (C=O) groups excluding carboxylic acids is 2. The minimum atomic E-state index is -0.470. The Hall–Kier alpha value is -3.08. The van der Waals surface area contributed by atoms with E-state index in [0.717, 1.165) is 0 Å². The maximum Gasteiger partial charge on any atom is 0.340 e. The number of hydrogen-bond donors (Lipinski definition) is 0. The van der Waals surface area contributed by atoms with Crippen molar-refractivity contribution in [2.45, 2.75) is 0 Å². The average molecular weight is 309 g/mol. The van der Waals surface area contributed by atoms with Gasteiger partial charge in [-0.1, -0.05) is 6.07 Å².